The Morgan fingerprint density at radius 3 is 3.17 bits per heavy atom. The van der Waals surface area contributed by atoms with E-state index < -0.39 is 0 Å². The number of rotatable bonds is 2. The number of ether oxygens (including phenoxy) is 2. The van der Waals surface area contributed by atoms with E-state index >= 15 is 0 Å². The van der Waals surface area contributed by atoms with E-state index in [1.54, 1.807) is 0 Å². The minimum atomic E-state index is 0.321. The Bertz CT molecular complexity index is 453. The van der Waals surface area contributed by atoms with Gasteiger partial charge in [-0.05, 0) is 40.5 Å². The van der Waals surface area contributed by atoms with Gasteiger partial charge >= 0.3 is 0 Å². The van der Waals surface area contributed by atoms with Crippen LogP contribution in [0.1, 0.15) is 12.5 Å². The molecule has 0 bridgehead atoms. The molecule has 0 saturated carbocycles. The molecule has 3 rings (SSSR count). The minimum absolute atomic E-state index is 0.321. The lowest BCUT2D eigenvalue weighted by atomic mass is 10.1. The SMILES string of the molecule is C[C@H]1CN(Cc2cc(Br)c3c(c2)OCO3)CCN1. The maximum Gasteiger partial charge on any atom is 0.231 e. The van der Waals surface area contributed by atoms with Gasteiger partial charge in [-0.3, -0.25) is 4.90 Å². The second kappa shape index (κ2) is 5.07. The lowest BCUT2D eigenvalue weighted by Crippen LogP contribution is -2.48. The average Bonchev–Trinajstić information content (AvgIpc) is 2.77. The molecule has 1 aromatic carbocycles. The van der Waals surface area contributed by atoms with Crippen molar-refractivity contribution < 1.29 is 9.47 Å². The smallest absolute Gasteiger partial charge is 0.231 e. The quantitative estimate of drug-likeness (QED) is 0.905. The Hall–Kier alpha value is -0.780. The van der Waals surface area contributed by atoms with Crippen molar-refractivity contribution in [3.05, 3.63) is 22.2 Å². The summed E-state index contributed by atoms with van der Waals surface area (Å²) in [6, 6.07) is 4.77. The van der Waals surface area contributed by atoms with Crippen LogP contribution >= 0.6 is 15.9 Å². The van der Waals surface area contributed by atoms with Crippen molar-refractivity contribution >= 4 is 15.9 Å². The number of nitrogens with zero attached hydrogens (tertiary/aromatic N) is 1. The third-order valence-corrected chi connectivity index (χ3v) is 3.94. The second-order valence-corrected chi connectivity index (χ2v) is 5.76. The Morgan fingerprint density at radius 1 is 1.44 bits per heavy atom. The molecule has 2 aliphatic heterocycles. The number of benzene rings is 1. The van der Waals surface area contributed by atoms with Gasteiger partial charge in [0.2, 0.25) is 6.79 Å². The monoisotopic (exact) mass is 312 g/mol. The minimum Gasteiger partial charge on any atom is -0.454 e. The predicted octanol–water partition coefficient (Wildman–Crippen LogP) is 1.97. The van der Waals surface area contributed by atoms with Gasteiger partial charge in [-0.15, -0.1) is 0 Å². The van der Waals surface area contributed by atoms with E-state index in [0.717, 1.165) is 42.2 Å². The molecule has 0 spiro atoms. The third-order valence-electron chi connectivity index (χ3n) is 3.35. The Balaban J connectivity index is 1.75. The van der Waals surface area contributed by atoms with Crippen LogP contribution in [0.5, 0.6) is 11.5 Å². The van der Waals surface area contributed by atoms with Gasteiger partial charge in [0.1, 0.15) is 0 Å². The Labute approximate surface area is 115 Å². The third kappa shape index (κ3) is 2.48. The van der Waals surface area contributed by atoms with Crippen LogP contribution in [0.3, 0.4) is 0 Å². The van der Waals surface area contributed by atoms with E-state index in [9.17, 15) is 0 Å². The van der Waals surface area contributed by atoms with Crippen LogP contribution < -0.4 is 14.8 Å². The van der Waals surface area contributed by atoms with Crippen molar-refractivity contribution in [1.29, 1.82) is 0 Å². The van der Waals surface area contributed by atoms with Crippen LogP contribution in [0.2, 0.25) is 0 Å². The second-order valence-electron chi connectivity index (χ2n) is 4.90. The first-order valence-electron chi connectivity index (χ1n) is 6.26. The molecule has 0 aromatic heterocycles. The summed E-state index contributed by atoms with van der Waals surface area (Å²) in [4.78, 5) is 2.46. The van der Waals surface area contributed by atoms with Crippen LogP contribution in [0.25, 0.3) is 0 Å². The van der Waals surface area contributed by atoms with Gasteiger partial charge in [0.15, 0.2) is 11.5 Å². The molecule has 0 aliphatic carbocycles. The zero-order valence-corrected chi connectivity index (χ0v) is 12.0. The molecule has 4 nitrogen and oxygen atoms in total. The van der Waals surface area contributed by atoms with Gasteiger partial charge in [-0.2, -0.15) is 0 Å². The molecule has 18 heavy (non-hydrogen) atoms. The maximum absolute atomic E-state index is 5.45. The maximum atomic E-state index is 5.45. The fraction of sp³-hybridized carbons (Fsp3) is 0.538. The van der Waals surface area contributed by atoms with Crippen LogP contribution in [0.4, 0.5) is 0 Å². The summed E-state index contributed by atoms with van der Waals surface area (Å²) >= 11 is 3.54. The van der Waals surface area contributed by atoms with Gasteiger partial charge in [0, 0.05) is 32.2 Å². The van der Waals surface area contributed by atoms with E-state index in [0.29, 0.717) is 12.8 Å². The first kappa shape index (κ1) is 12.3. The van der Waals surface area contributed by atoms with Gasteiger partial charge in [-0.1, -0.05) is 0 Å². The number of halogens is 1. The first-order valence-corrected chi connectivity index (χ1v) is 7.05. The Morgan fingerprint density at radius 2 is 2.33 bits per heavy atom. The number of fused-ring (bicyclic) bond motifs is 1. The van der Waals surface area contributed by atoms with Gasteiger partial charge in [0.25, 0.3) is 0 Å². The summed E-state index contributed by atoms with van der Waals surface area (Å²) in [5, 5.41) is 3.46. The van der Waals surface area contributed by atoms with Gasteiger partial charge in [0.05, 0.1) is 4.47 Å². The lowest BCUT2D eigenvalue weighted by Gasteiger charge is -2.31. The van der Waals surface area contributed by atoms with Crippen molar-refractivity contribution in [3.8, 4) is 11.5 Å². The van der Waals surface area contributed by atoms with Crippen LogP contribution in [0.15, 0.2) is 16.6 Å². The molecular weight excluding hydrogens is 296 g/mol. The molecular formula is C13H17BrN2O2. The van der Waals surface area contributed by atoms with E-state index in [2.05, 4.69) is 45.2 Å². The molecule has 1 atom stereocenters. The van der Waals surface area contributed by atoms with E-state index in [1.165, 1.54) is 5.56 Å². The van der Waals surface area contributed by atoms with Gasteiger partial charge < -0.3 is 14.8 Å². The summed E-state index contributed by atoms with van der Waals surface area (Å²) in [5.41, 5.74) is 1.26. The largest absolute Gasteiger partial charge is 0.454 e. The molecule has 2 heterocycles. The van der Waals surface area contributed by atoms with E-state index in [-0.39, 0.29) is 0 Å². The normalized spacial score (nSPS) is 23.3. The highest BCUT2D eigenvalue weighted by Crippen LogP contribution is 2.40. The molecule has 5 heteroatoms. The summed E-state index contributed by atoms with van der Waals surface area (Å²) in [7, 11) is 0. The molecule has 0 unspecified atom stereocenters. The fourth-order valence-corrected chi connectivity index (χ4v) is 3.13. The molecule has 2 aliphatic rings. The van der Waals surface area contributed by atoms with E-state index in [1.807, 2.05) is 0 Å². The van der Waals surface area contributed by atoms with Gasteiger partial charge in [-0.25, -0.2) is 0 Å². The molecule has 0 radical (unpaired) electrons. The fourth-order valence-electron chi connectivity index (χ4n) is 2.53. The van der Waals surface area contributed by atoms with Crippen molar-refractivity contribution in [3.63, 3.8) is 0 Å². The van der Waals surface area contributed by atoms with Crippen molar-refractivity contribution in [2.24, 2.45) is 0 Å². The lowest BCUT2D eigenvalue weighted by molar-refractivity contribution is 0.173. The predicted molar refractivity (Wildman–Crippen MR) is 73.0 cm³/mol. The van der Waals surface area contributed by atoms with Crippen molar-refractivity contribution in [2.45, 2.75) is 19.5 Å². The first-order chi connectivity index (χ1) is 8.72. The topological polar surface area (TPSA) is 33.7 Å². The molecule has 1 fully saturated rings. The van der Waals surface area contributed by atoms with Crippen molar-refractivity contribution in [2.75, 3.05) is 26.4 Å². The van der Waals surface area contributed by atoms with E-state index in [4.69, 9.17) is 9.47 Å². The van der Waals surface area contributed by atoms with Crippen LogP contribution in [-0.2, 0) is 6.54 Å². The number of hydrogen-bond acceptors (Lipinski definition) is 4. The summed E-state index contributed by atoms with van der Waals surface area (Å²) in [5.74, 6) is 1.68. The molecule has 1 N–H and O–H groups in total. The summed E-state index contributed by atoms with van der Waals surface area (Å²) in [6.07, 6.45) is 0. The molecule has 1 saturated heterocycles. The highest BCUT2D eigenvalue weighted by molar-refractivity contribution is 9.10. The Kier molecular flexibility index (Phi) is 3.46. The molecule has 0 amide bonds. The molecule has 98 valence electrons. The summed E-state index contributed by atoms with van der Waals surface area (Å²) in [6.45, 7) is 6.75. The number of nitrogens with one attached hydrogen (secondary N) is 1. The number of piperazine rings is 1. The molecule has 1 aromatic rings. The highest BCUT2D eigenvalue weighted by Gasteiger charge is 2.20. The summed E-state index contributed by atoms with van der Waals surface area (Å²) < 4.78 is 11.8. The van der Waals surface area contributed by atoms with Crippen LogP contribution in [-0.4, -0.2) is 37.4 Å². The highest BCUT2D eigenvalue weighted by atomic mass is 79.9. The zero-order valence-electron chi connectivity index (χ0n) is 10.4. The van der Waals surface area contributed by atoms with Crippen molar-refractivity contribution in [1.82, 2.24) is 10.2 Å². The number of hydrogen-bond donors (Lipinski definition) is 1. The van der Waals surface area contributed by atoms with Crippen LogP contribution in [0, 0.1) is 0 Å². The zero-order chi connectivity index (χ0) is 12.5. The standard InChI is InChI=1S/C13H17BrN2O2/c1-9-6-16(3-2-15-9)7-10-4-11(14)13-12(5-10)17-8-18-13/h4-5,9,15H,2-3,6-8H2,1H3/t9-/m0/s1. The average molecular weight is 313 g/mol.